The summed E-state index contributed by atoms with van der Waals surface area (Å²) in [6.45, 7) is 10.1. The Labute approximate surface area is 140 Å². The van der Waals surface area contributed by atoms with Gasteiger partial charge in [-0.05, 0) is 24.1 Å². The first kappa shape index (κ1) is 18.4. The lowest BCUT2D eigenvalue weighted by atomic mass is 9.85. The van der Waals surface area contributed by atoms with Gasteiger partial charge in [0, 0.05) is 12.3 Å². The monoisotopic (exact) mass is 315 g/mol. The van der Waals surface area contributed by atoms with Crippen LogP contribution in [0.25, 0.3) is 0 Å². The molecule has 0 fully saturated rings. The van der Waals surface area contributed by atoms with Crippen molar-refractivity contribution in [1.29, 1.82) is 0 Å². The standard InChI is InChI=1S/C16H14ClN.2C2H6/c1-11-7-8-15-14(9-11)13(10-16(17)18-15)12-5-3-2-4-6-12;2*1-2/h2-9,13H,10H2,1H3;2*1-2H3. The van der Waals surface area contributed by atoms with Gasteiger partial charge < -0.3 is 0 Å². The lowest BCUT2D eigenvalue weighted by molar-refractivity contribution is 0.846. The summed E-state index contributed by atoms with van der Waals surface area (Å²) in [7, 11) is 0. The first-order chi connectivity index (χ1) is 10.7. The molecule has 2 heteroatoms. The average Bonchev–Trinajstić information content (AvgIpc) is 2.59. The highest BCUT2D eigenvalue weighted by molar-refractivity contribution is 6.65. The zero-order chi connectivity index (χ0) is 16.5. The Balaban J connectivity index is 0.000000561. The van der Waals surface area contributed by atoms with Gasteiger partial charge in [-0.1, -0.05) is 87.3 Å². The molecule has 22 heavy (non-hydrogen) atoms. The Morgan fingerprint density at radius 2 is 1.59 bits per heavy atom. The molecule has 0 saturated heterocycles. The summed E-state index contributed by atoms with van der Waals surface area (Å²) < 4.78 is 0. The van der Waals surface area contributed by atoms with Crippen molar-refractivity contribution in [2.75, 3.05) is 0 Å². The Morgan fingerprint density at radius 3 is 2.23 bits per heavy atom. The highest BCUT2D eigenvalue weighted by Gasteiger charge is 2.23. The summed E-state index contributed by atoms with van der Waals surface area (Å²) in [5.41, 5.74) is 4.86. The normalized spacial score (nSPS) is 15.4. The van der Waals surface area contributed by atoms with Crippen LogP contribution < -0.4 is 0 Å². The molecule has 1 aliphatic heterocycles. The van der Waals surface area contributed by atoms with Crippen molar-refractivity contribution in [2.45, 2.75) is 47.0 Å². The van der Waals surface area contributed by atoms with Crippen LogP contribution in [0.5, 0.6) is 0 Å². The van der Waals surface area contributed by atoms with Gasteiger partial charge in [-0.15, -0.1) is 0 Å². The van der Waals surface area contributed by atoms with Crippen LogP contribution in [-0.4, -0.2) is 5.17 Å². The van der Waals surface area contributed by atoms with Gasteiger partial charge >= 0.3 is 0 Å². The average molecular weight is 316 g/mol. The molecule has 0 saturated carbocycles. The van der Waals surface area contributed by atoms with E-state index in [1.54, 1.807) is 0 Å². The molecule has 1 nitrogen and oxygen atoms in total. The van der Waals surface area contributed by atoms with E-state index >= 15 is 0 Å². The summed E-state index contributed by atoms with van der Waals surface area (Å²) in [5.74, 6) is 0.325. The fourth-order valence-electron chi connectivity index (χ4n) is 2.49. The van der Waals surface area contributed by atoms with E-state index in [1.165, 1.54) is 16.7 Å². The Morgan fingerprint density at radius 1 is 0.955 bits per heavy atom. The smallest absolute Gasteiger partial charge is 0.107 e. The summed E-state index contributed by atoms with van der Waals surface area (Å²) in [5, 5.41) is 0.695. The van der Waals surface area contributed by atoms with Crippen molar-refractivity contribution in [3.63, 3.8) is 0 Å². The molecule has 0 spiro atoms. The minimum Gasteiger partial charge on any atom is -0.241 e. The highest BCUT2D eigenvalue weighted by atomic mass is 35.5. The maximum absolute atomic E-state index is 6.18. The van der Waals surface area contributed by atoms with Gasteiger partial charge in [0.1, 0.15) is 5.17 Å². The lowest BCUT2D eigenvalue weighted by Crippen LogP contribution is -2.09. The van der Waals surface area contributed by atoms with E-state index in [2.05, 4.69) is 54.4 Å². The van der Waals surface area contributed by atoms with Crippen molar-refractivity contribution in [2.24, 2.45) is 4.99 Å². The molecule has 1 heterocycles. The van der Waals surface area contributed by atoms with E-state index < -0.39 is 0 Å². The van der Waals surface area contributed by atoms with Crippen molar-refractivity contribution in [3.05, 3.63) is 65.2 Å². The minimum absolute atomic E-state index is 0.325. The summed E-state index contributed by atoms with van der Waals surface area (Å²) in [6.07, 6.45) is 0.794. The molecular weight excluding hydrogens is 290 g/mol. The lowest BCUT2D eigenvalue weighted by Gasteiger charge is -2.23. The molecule has 1 unspecified atom stereocenters. The van der Waals surface area contributed by atoms with Gasteiger partial charge in [0.2, 0.25) is 0 Å². The number of hydrogen-bond acceptors (Lipinski definition) is 1. The van der Waals surface area contributed by atoms with E-state index in [0.717, 1.165) is 12.1 Å². The maximum atomic E-state index is 6.18. The predicted molar refractivity (Wildman–Crippen MR) is 99.7 cm³/mol. The molecule has 1 aliphatic rings. The van der Waals surface area contributed by atoms with Gasteiger partial charge in [0.15, 0.2) is 0 Å². The molecule has 0 amide bonds. The van der Waals surface area contributed by atoms with Crippen molar-refractivity contribution in [1.82, 2.24) is 0 Å². The number of nitrogens with zero attached hydrogens (tertiary/aromatic N) is 1. The Kier molecular flexibility index (Phi) is 7.90. The summed E-state index contributed by atoms with van der Waals surface area (Å²) >= 11 is 6.18. The summed E-state index contributed by atoms with van der Waals surface area (Å²) in [4.78, 5) is 4.44. The van der Waals surface area contributed by atoms with Crippen LogP contribution in [0.4, 0.5) is 5.69 Å². The second-order valence-electron chi connectivity index (χ2n) is 4.72. The number of aryl methyl sites for hydroxylation is 1. The molecular formula is C20H26ClN. The van der Waals surface area contributed by atoms with Gasteiger partial charge in [-0.25, -0.2) is 4.99 Å². The quantitative estimate of drug-likeness (QED) is 0.545. The molecule has 2 aromatic rings. The Bertz CT molecular complexity index is 602. The fraction of sp³-hybridized carbons (Fsp3) is 0.350. The third-order valence-electron chi connectivity index (χ3n) is 3.37. The second-order valence-corrected chi connectivity index (χ2v) is 5.15. The molecule has 0 bridgehead atoms. The van der Waals surface area contributed by atoms with Crippen LogP contribution in [-0.2, 0) is 0 Å². The van der Waals surface area contributed by atoms with Crippen LogP contribution in [0.2, 0.25) is 0 Å². The number of fused-ring (bicyclic) bond motifs is 1. The van der Waals surface area contributed by atoms with Crippen LogP contribution >= 0.6 is 11.6 Å². The van der Waals surface area contributed by atoms with Gasteiger partial charge in [-0.2, -0.15) is 0 Å². The molecule has 0 N–H and O–H groups in total. The van der Waals surface area contributed by atoms with E-state index in [9.17, 15) is 0 Å². The van der Waals surface area contributed by atoms with Crippen LogP contribution in [0.3, 0.4) is 0 Å². The largest absolute Gasteiger partial charge is 0.241 e. The highest BCUT2D eigenvalue weighted by Crippen LogP contribution is 2.39. The molecule has 118 valence electrons. The number of rotatable bonds is 1. The van der Waals surface area contributed by atoms with Crippen molar-refractivity contribution < 1.29 is 0 Å². The first-order valence-corrected chi connectivity index (χ1v) is 8.50. The van der Waals surface area contributed by atoms with Crippen LogP contribution in [0.15, 0.2) is 53.5 Å². The first-order valence-electron chi connectivity index (χ1n) is 8.12. The fourth-order valence-corrected chi connectivity index (χ4v) is 2.74. The summed E-state index contributed by atoms with van der Waals surface area (Å²) in [6, 6.07) is 16.9. The van der Waals surface area contributed by atoms with Gasteiger partial charge in [-0.3, -0.25) is 0 Å². The van der Waals surface area contributed by atoms with Crippen molar-refractivity contribution >= 4 is 22.5 Å². The second kappa shape index (κ2) is 9.42. The topological polar surface area (TPSA) is 12.4 Å². The third kappa shape index (κ3) is 4.45. The zero-order valence-electron chi connectivity index (χ0n) is 14.2. The van der Waals surface area contributed by atoms with E-state index in [1.807, 2.05) is 33.8 Å². The van der Waals surface area contributed by atoms with E-state index in [-0.39, 0.29) is 0 Å². The SMILES string of the molecule is CC.CC.Cc1ccc2c(c1)C(c1ccccc1)CC(Cl)=N2. The predicted octanol–water partition coefficient (Wildman–Crippen LogP) is 6.85. The molecule has 0 aromatic heterocycles. The number of hydrogen-bond donors (Lipinski definition) is 0. The number of aliphatic imine (C=N–C) groups is 1. The van der Waals surface area contributed by atoms with Gasteiger partial charge in [0.05, 0.1) is 5.69 Å². The number of benzene rings is 2. The van der Waals surface area contributed by atoms with Crippen LogP contribution in [0.1, 0.15) is 56.7 Å². The van der Waals surface area contributed by atoms with Gasteiger partial charge in [0.25, 0.3) is 0 Å². The van der Waals surface area contributed by atoms with E-state index in [4.69, 9.17) is 11.6 Å². The molecule has 3 rings (SSSR count). The van der Waals surface area contributed by atoms with Crippen LogP contribution in [0, 0.1) is 6.92 Å². The molecule has 1 atom stereocenters. The third-order valence-corrected chi connectivity index (χ3v) is 3.61. The molecule has 0 radical (unpaired) electrons. The molecule has 0 aliphatic carbocycles. The molecule has 2 aromatic carbocycles. The zero-order valence-corrected chi connectivity index (χ0v) is 15.0. The van der Waals surface area contributed by atoms with E-state index in [0.29, 0.717) is 11.1 Å². The maximum Gasteiger partial charge on any atom is 0.107 e. The minimum atomic E-state index is 0.325. The van der Waals surface area contributed by atoms with Crippen molar-refractivity contribution in [3.8, 4) is 0 Å². The number of halogens is 1. The Hall–Kier alpha value is -1.60.